The largest absolute Gasteiger partial charge is 0.458 e. The summed E-state index contributed by atoms with van der Waals surface area (Å²) < 4.78 is 43.0. The van der Waals surface area contributed by atoms with E-state index in [1.165, 1.54) is 34.6 Å². The number of carbonyl (C=O) groups is 1. The van der Waals surface area contributed by atoms with Gasteiger partial charge in [0.25, 0.3) is 0 Å². The molecule has 0 radical (unpaired) electrons. The Balaban J connectivity index is 5.17. The average molecular weight is 241 g/mol. The smallest absolute Gasteiger partial charge is 0.417 e. The molecular formula is C10H18F3NO2. The van der Waals surface area contributed by atoms with Crippen LogP contribution in [-0.2, 0) is 9.53 Å². The number of nitrogens with two attached hydrogens (primary N) is 1. The van der Waals surface area contributed by atoms with Crippen LogP contribution in [0, 0.1) is 5.92 Å². The third kappa shape index (κ3) is 3.10. The molecule has 0 aliphatic carbocycles. The van der Waals surface area contributed by atoms with E-state index in [2.05, 4.69) is 0 Å². The fourth-order valence-electron chi connectivity index (χ4n) is 1.04. The molecule has 0 saturated heterocycles. The van der Waals surface area contributed by atoms with E-state index in [0.717, 1.165) is 0 Å². The third-order valence-electron chi connectivity index (χ3n) is 2.12. The maximum absolute atomic E-state index is 12.8. The lowest BCUT2D eigenvalue weighted by atomic mass is 9.86. The Hall–Kier alpha value is -0.780. The number of halogens is 3. The molecule has 0 rings (SSSR count). The Bertz CT molecular complexity index is 268. The van der Waals surface area contributed by atoms with Crippen LogP contribution in [0.5, 0.6) is 0 Å². The minimum Gasteiger partial charge on any atom is -0.458 e. The number of esters is 1. The zero-order chi connectivity index (χ0) is 13.4. The Morgan fingerprint density at radius 1 is 1.19 bits per heavy atom. The van der Waals surface area contributed by atoms with Crippen molar-refractivity contribution in [3.63, 3.8) is 0 Å². The maximum Gasteiger partial charge on any atom is 0.417 e. The van der Waals surface area contributed by atoms with E-state index >= 15 is 0 Å². The number of hydrogen-bond donors (Lipinski definition) is 1. The second-order valence-corrected chi connectivity index (χ2v) is 5.02. The summed E-state index contributed by atoms with van der Waals surface area (Å²) in [7, 11) is 0. The number of ether oxygens (including phenoxy) is 1. The van der Waals surface area contributed by atoms with E-state index in [0.29, 0.717) is 0 Å². The molecule has 0 aliphatic heterocycles. The van der Waals surface area contributed by atoms with Crippen LogP contribution in [0.25, 0.3) is 0 Å². The van der Waals surface area contributed by atoms with E-state index in [1.54, 1.807) is 0 Å². The minimum absolute atomic E-state index is 0.998. The summed E-state index contributed by atoms with van der Waals surface area (Å²) in [6.45, 7) is 6.93. The lowest BCUT2D eigenvalue weighted by Crippen LogP contribution is -2.64. The van der Waals surface area contributed by atoms with Crippen LogP contribution in [0.3, 0.4) is 0 Å². The van der Waals surface area contributed by atoms with Crippen LogP contribution in [-0.4, -0.2) is 23.3 Å². The SMILES string of the molecule is CC(C)C(N)(C(=O)OC(C)(C)C)C(F)(F)F. The summed E-state index contributed by atoms with van der Waals surface area (Å²) in [4.78, 5) is 11.5. The molecule has 96 valence electrons. The number of rotatable bonds is 2. The zero-order valence-corrected chi connectivity index (χ0v) is 10.1. The van der Waals surface area contributed by atoms with Gasteiger partial charge in [0.15, 0.2) is 0 Å². The van der Waals surface area contributed by atoms with Gasteiger partial charge in [-0.3, -0.25) is 0 Å². The van der Waals surface area contributed by atoms with E-state index in [9.17, 15) is 18.0 Å². The van der Waals surface area contributed by atoms with Crippen LogP contribution in [0.1, 0.15) is 34.6 Å². The fourth-order valence-corrected chi connectivity index (χ4v) is 1.04. The third-order valence-corrected chi connectivity index (χ3v) is 2.12. The van der Waals surface area contributed by atoms with Gasteiger partial charge in [0.1, 0.15) is 5.60 Å². The van der Waals surface area contributed by atoms with Gasteiger partial charge in [-0.05, 0) is 26.7 Å². The molecule has 0 fully saturated rings. The van der Waals surface area contributed by atoms with Gasteiger partial charge in [-0.2, -0.15) is 13.2 Å². The van der Waals surface area contributed by atoms with Crippen molar-refractivity contribution in [2.45, 2.75) is 51.9 Å². The topological polar surface area (TPSA) is 52.3 Å². The molecular weight excluding hydrogens is 223 g/mol. The molecule has 1 atom stereocenters. The Morgan fingerprint density at radius 2 is 1.56 bits per heavy atom. The van der Waals surface area contributed by atoms with E-state index in [-0.39, 0.29) is 0 Å². The lowest BCUT2D eigenvalue weighted by molar-refractivity contribution is -0.220. The van der Waals surface area contributed by atoms with Crippen molar-refractivity contribution >= 4 is 5.97 Å². The molecule has 0 aliphatic rings. The molecule has 0 bridgehead atoms. The minimum atomic E-state index is -4.83. The summed E-state index contributed by atoms with van der Waals surface area (Å²) in [6, 6.07) is 0. The van der Waals surface area contributed by atoms with Crippen LogP contribution in [0.4, 0.5) is 13.2 Å². The van der Waals surface area contributed by atoms with Gasteiger partial charge in [-0.1, -0.05) is 13.8 Å². The normalized spacial score (nSPS) is 17.1. The highest BCUT2D eigenvalue weighted by atomic mass is 19.4. The summed E-state index contributed by atoms with van der Waals surface area (Å²) in [5, 5.41) is 0. The van der Waals surface area contributed by atoms with Crippen molar-refractivity contribution in [2.75, 3.05) is 0 Å². The van der Waals surface area contributed by atoms with Gasteiger partial charge in [0.05, 0.1) is 0 Å². The van der Waals surface area contributed by atoms with E-state index < -0.39 is 29.2 Å². The summed E-state index contributed by atoms with van der Waals surface area (Å²) >= 11 is 0. The van der Waals surface area contributed by atoms with E-state index in [1.807, 2.05) is 0 Å². The van der Waals surface area contributed by atoms with Gasteiger partial charge in [-0.25, -0.2) is 4.79 Å². The highest BCUT2D eigenvalue weighted by Gasteiger charge is 2.61. The molecule has 1 unspecified atom stereocenters. The van der Waals surface area contributed by atoms with Gasteiger partial charge < -0.3 is 10.5 Å². The first-order chi connectivity index (χ1) is 6.82. The van der Waals surface area contributed by atoms with Crippen molar-refractivity contribution in [3.8, 4) is 0 Å². The monoisotopic (exact) mass is 241 g/mol. The molecule has 0 aromatic rings. The van der Waals surface area contributed by atoms with Gasteiger partial charge in [0, 0.05) is 0 Å². The Labute approximate surface area is 93.1 Å². The molecule has 16 heavy (non-hydrogen) atoms. The standard InChI is InChI=1S/C10H18F3NO2/c1-6(2)9(14,10(11,12)13)7(15)16-8(3,4)5/h6H,14H2,1-5H3. The van der Waals surface area contributed by atoms with E-state index in [4.69, 9.17) is 10.5 Å². The summed E-state index contributed by atoms with van der Waals surface area (Å²) in [6.07, 6.45) is -4.83. The van der Waals surface area contributed by atoms with Crippen LogP contribution < -0.4 is 5.73 Å². The molecule has 0 heterocycles. The second kappa shape index (κ2) is 4.24. The fraction of sp³-hybridized carbons (Fsp3) is 0.900. The quantitative estimate of drug-likeness (QED) is 0.754. The first-order valence-electron chi connectivity index (χ1n) is 4.91. The molecule has 6 heteroatoms. The molecule has 0 aromatic heterocycles. The zero-order valence-electron chi connectivity index (χ0n) is 10.1. The predicted molar refractivity (Wildman–Crippen MR) is 53.7 cm³/mol. The first kappa shape index (κ1) is 15.2. The lowest BCUT2D eigenvalue weighted by Gasteiger charge is -2.35. The number of alkyl halides is 3. The molecule has 0 aromatic carbocycles. The van der Waals surface area contributed by atoms with Gasteiger partial charge >= 0.3 is 12.1 Å². The van der Waals surface area contributed by atoms with Crippen LogP contribution in [0.15, 0.2) is 0 Å². The predicted octanol–water partition coefficient (Wildman–Crippen LogP) is 2.24. The van der Waals surface area contributed by atoms with Crippen molar-refractivity contribution < 1.29 is 22.7 Å². The molecule has 3 nitrogen and oxygen atoms in total. The average Bonchev–Trinajstić information content (AvgIpc) is 1.96. The molecule has 0 saturated carbocycles. The van der Waals surface area contributed by atoms with Crippen molar-refractivity contribution in [2.24, 2.45) is 11.7 Å². The Morgan fingerprint density at radius 3 is 1.75 bits per heavy atom. The molecule has 0 amide bonds. The summed E-state index contributed by atoms with van der Waals surface area (Å²) in [5.74, 6) is -2.54. The number of carbonyl (C=O) groups excluding carboxylic acids is 1. The number of hydrogen-bond acceptors (Lipinski definition) is 3. The van der Waals surface area contributed by atoms with Gasteiger partial charge in [0.2, 0.25) is 5.54 Å². The van der Waals surface area contributed by atoms with Gasteiger partial charge in [-0.15, -0.1) is 0 Å². The van der Waals surface area contributed by atoms with Crippen LogP contribution >= 0.6 is 0 Å². The van der Waals surface area contributed by atoms with Crippen molar-refractivity contribution in [3.05, 3.63) is 0 Å². The first-order valence-corrected chi connectivity index (χ1v) is 4.91. The Kier molecular flexibility index (Phi) is 4.03. The maximum atomic E-state index is 12.8. The second-order valence-electron chi connectivity index (χ2n) is 5.02. The molecule has 0 spiro atoms. The van der Waals surface area contributed by atoms with Crippen molar-refractivity contribution in [1.82, 2.24) is 0 Å². The van der Waals surface area contributed by atoms with Crippen LogP contribution in [0.2, 0.25) is 0 Å². The summed E-state index contributed by atoms with van der Waals surface area (Å²) in [5.41, 5.74) is 1.21. The van der Waals surface area contributed by atoms with Crippen molar-refractivity contribution in [1.29, 1.82) is 0 Å². The molecule has 2 N–H and O–H groups in total. The highest BCUT2D eigenvalue weighted by Crippen LogP contribution is 2.36. The highest BCUT2D eigenvalue weighted by molar-refractivity contribution is 5.82.